The van der Waals surface area contributed by atoms with Gasteiger partial charge in [-0.05, 0) is 31.6 Å². The van der Waals surface area contributed by atoms with Crippen LogP contribution in [0.3, 0.4) is 0 Å². The fourth-order valence-corrected chi connectivity index (χ4v) is 1.20. The summed E-state index contributed by atoms with van der Waals surface area (Å²) in [5, 5.41) is 0. The number of nitrogens with zero attached hydrogens (tertiary/aromatic N) is 1. The van der Waals surface area contributed by atoms with Gasteiger partial charge in [0.05, 0.1) is 0 Å². The third-order valence-electron chi connectivity index (χ3n) is 2.51. The lowest BCUT2D eigenvalue weighted by Gasteiger charge is -2.03. The Hall–Kier alpha value is -0.590. The molecule has 0 unspecified atom stereocenters. The van der Waals surface area contributed by atoms with Gasteiger partial charge in [0.2, 0.25) is 0 Å². The van der Waals surface area contributed by atoms with E-state index < -0.39 is 0 Å². The lowest BCUT2D eigenvalue weighted by atomic mass is 10.1. The Morgan fingerprint density at radius 1 is 1.08 bits per heavy atom. The smallest absolute Gasteiger partial charge is 0.0255 e. The summed E-state index contributed by atoms with van der Waals surface area (Å²) < 4.78 is 0. The van der Waals surface area contributed by atoms with Crippen molar-refractivity contribution >= 4 is 6.21 Å². The quantitative estimate of drug-likeness (QED) is 0.545. The molecule has 0 rings (SSSR count). The summed E-state index contributed by atoms with van der Waals surface area (Å²) in [6.07, 6.45) is 8.75. The zero-order valence-electron chi connectivity index (χ0n) is 9.51. The Bertz CT molecular complexity index is 158. The van der Waals surface area contributed by atoms with Crippen LogP contribution in [0.1, 0.15) is 53.4 Å². The van der Waals surface area contributed by atoms with Crippen molar-refractivity contribution in [3.05, 3.63) is 11.8 Å². The Morgan fingerprint density at radius 2 is 1.62 bits per heavy atom. The molecule has 0 aromatic carbocycles. The summed E-state index contributed by atoms with van der Waals surface area (Å²) in [5.74, 6) is 0.659. The van der Waals surface area contributed by atoms with Gasteiger partial charge in [0.25, 0.3) is 0 Å². The van der Waals surface area contributed by atoms with Crippen LogP contribution in [-0.4, -0.2) is 6.21 Å². The molecule has 0 aliphatic carbocycles. The zero-order chi connectivity index (χ0) is 10.1. The van der Waals surface area contributed by atoms with Crippen LogP contribution < -0.4 is 0 Å². The second-order valence-electron chi connectivity index (χ2n) is 3.37. The summed E-state index contributed by atoms with van der Waals surface area (Å²) in [5.41, 5.74) is 1.43. The summed E-state index contributed by atoms with van der Waals surface area (Å²) in [7, 11) is 0. The van der Waals surface area contributed by atoms with E-state index in [2.05, 4.69) is 38.9 Å². The lowest BCUT2D eigenvalue weighted by Crippen LogP contribution is -1.96. The summed E-state index contributed by atoms with van der Waals surface area (Å²) in [4.78, 5) is 4.37. The molecule has 1 heteroatoms. The van der Waals surface area contributed by atoms with Gasteiger partial charge >= 0.3 is 0 Å². The van der Waals surface area contributed by atoms with Crippen LogP contribution >= 0.6 is 0 Å². The Labute approximate surface area is 83.0 Å². The molecule has 0 amide bonds. The molecule has 0 saturated heterocycles. The molecule has 0 aromatic rings. The average molecular weight is 181 g/mol. The first-order valence-electron chi connectivity index (χ1n) is 5.49. The monoisotopic (exact) mass is 181 g/mol. The van der Waals surface area contributed by atoms with E-state index in [1.807, 2.05) is 6.20 Å². The maximum atomic E-state index is 4.37. The molecule has 0 saturated carbocycles. The van der Waals surface area contributed by atoms with Crippen LogP contribution in [-0.2, 0) is 0 Å². The molecular weight excluding hydrogens is 158 g/mol. The van der Waals surface area contributed by atoms with Gasteiger partial charge in [-0.3, -0.25) is 4.99 Å². The van der Waals surface area contributed by atoms with E-state index in [1.165, 1.54) is 18.4 Å². The number of allylic oxidation sites excluding steroid dienone is 1. The lowest BCUT2D eigenvalue weighted by molar-refractivity contribution is 0.655. The number of hydrogen-bond donors (Lipinski definition) is 0. The fourth-order valence-electron chi connectivity index (χ4n) is 1.20. The van der Waals surface area contributed by atoms with Crippen LogP contribution in [0, 0.1) is 5.92 Å². The molecule has 13 heavy (non-hydrogen) atoms. The van der Waals surface area contributed by atoms with Gasteiger partial charge < -0.3 is 0 Å². The molecule has 76 valence electrons. The third kappa shape index (κ3) is 5.62. The van der Waals surface area contributed by atoms with Crippen LogP contribution in [0.4, 0.5) is 0 Å². The minimum atomic E-state index is 0.659. The van der Waals surface area contributed by atoms with Crippen molar-refractivity contribution in [2.75, 3.05) is 0 Å². The molecule has 0 fully saturated rings. The molecule has 0 spiro atoms. The van der Waals surface area contributed by atoms with Gasteiger partial charge in [-0.2, -0.15) is 0 Å². The SMILES string of the molecule is CCC(=CN=CC(CC)CC)CC. The van der Waals surface area contributed by atoms with E-state index in [0.717, 1.165) is 12.8 Å². The van der Waals surface area contributed by atoms with E-state index in [0.29, 0.717) is 5.92 Å². The van der Waals surface area contributed by atoms with Gasteiger partial charge in [-0.25, -0.2) is 0 Å². The Balaban J connectivity index is 4.02. The molecule has 1 nitrogen and oxygen atoms in total. The van der Waals surface area contributed by atoms with E-state index in [1.54, 1.807) is 0 Å². The highest BCUT2D eigenvalue weighted by Gasteiger charge is 1.96. The molecule has 0 N–H and O–H groups in total. The standard InChI is InChI=1S/C12H23N/c1-5-11(6-2)9-13-10-12(7-3)8-4/h9-11H,5-8H2,1-4H3. The highest BCUT2D eigenvalue weighted by atomic mass is 14.7. The molecule has 0 aliphatic heterocycles. The predicted molar refractivity (Wildman–Crippen MR) is 61.2 cm³/mol. The van der Waals surface area contributed by atoms with E-state index >= 15 is 0 Å². The van der Waals surface area contributed by atoms with E-state index in [-0.39, 0.29) is 0 Å². The first kappa shape index (κ1) is 12.4. The highest BCUT2D eigenvalue weighted by molar-refractivity contribution is 5.61. The zero-order valence-corrected chi connectivity index (χ0v) is 9.51. The molecule has 0 bridgehead atoms. The second-order valence-corrected chi connectivity index (χ2v) is 3.37. The van der Waals surface area contributed by atoms with Gasteiger partial charge in [0.1, 0.15) is 0 Å². The Kier molecular flexibility index (Phi) is 7.66. The number of rotatable bonds is 6. The van der Waals surface area contributed by atoms with Crippen LogP contribution in [0.2, 0.25) is 0 Å². The minimum absolute atomic E-state index is 0.659. The first-order valence-corrected chi connectivity index (χ1v) is 5.49. The van der Waals surface area contributed by atoms with Crippen molar-refractivity contribution in [1.29, 1.82) is 0 Å². The van der Waals surface area contributed by atoms with Gasteiger partial charge in [0.15, 0.2) is 0 Å². The highest BCUT2D eigenvalue weighted by Crippen LogP contribution is 2.07. The maximum Gasteiger partial charge on any atom is 0.0255 e. The van der Waals surface area contributed by atoms with Gasteiger partial charge in [-0.1, -0.05) is 33.3 Å². The van der Waals surface area contributed by atoms with Crippen LogP contribution in [0.15, 0.2) is 16.8 Å². The van der Waals surface area contributed by atoms with Crippen molar-refractivity contribution in [1.82, 2.24) is 0 Å². The molecule has 0 aliphatic rings. The molecular formula is C12H23N. The van der Waals surface area contributed by atoms with Crippen molar-refractivity contribution in [3.63, 3.8) is 0 Å². The van der Waals surface area contributed by atoms with Crippen molar-refractivity contribution in [2.24, 2.45) is 10.9 Å². The van der Waals surface area contributed by atoms with E-state index in [4.69, 9.17) is 0 Å². The van der Waals surface area contributed by atoms with E-state index in [9.17, 15) is 0 Å². The molecule has 0 aromatic heterocycles. The number of aliphatic imine (C=N–C) groups is 1. The summed E-state index contributed by atoms with van der Waals surface area (Å²) >= 11 is 0. The predicted octanol–water partition coefficient (Wildman–Crippen LogP) is 4.20. The molecule has 0 radical (unpaired) electrons. The Morgan fingerprint density at radius 3 is 2.00 bits per heavy atom. The largest absolute Gasteiger partial charge is 0.269 e. The molecule has 0 atom stereocenters. The average Bonchev–Trinajstić information content (AvgIpc) is 2.19. The van der Waals surface area contributed by atoms with Crippen LogP contribution in [0.25, 0.3) is 0 Å². The van der Waals surface area contributed by atoms with Crippen molar-refractivity contribution < 1.29 is 0 Å². The molecule has 0 heterocycles. The van der Waals surface area contributed by atoms with Gasteiger partial charge in [0, 0.05) is 12.4 Å². The summed E-state index contributed by atoms with van der Waals surface area (Å²) in [6.45, 7) is 8.79. The third-order valence-corrected chi connectivity index (χ3v) is 2.51. The maximum absolute atomic E-state index is 4.37. The fraction of sp³-hybridized carbons (Fsp3) is 0.750. The topological polar surface area (TPSA) is 12.4 Å². The summed E-state index contributed by atoms with van der Waals surface area (Å²) in [6, 6.07) is 0. The van der Waals surface area contributed by atoms with Crippen molar-refractivity contribution in [2.45, 2.75) is 53.4 Å². The number of hydrogen-bond acceptors (Lipinski definition) is 1. The van der Waals surface area contributed by atoms with Gasteiger partial charge in [-0.15, -0.1) is 0 Å². The minimum Gasteiger partial charge on any atom is -0.269 e. The van der Waals surface area contributed by atoms with Crippen LogP contribution in [0.5, 0.6) is 0 Å². The second kappa shape index (κ2) is 8.03. The van der Waals surface area contributed by atoms with Crippen molar-refractivity contribution in [3.8, 4) is 0 Å². The normalized spacial score (nSPS) is 11.2. The first-order chi connectivity index (χ1) is 6.28.